The van der Waals surface area contributed by atoms with Crippen molar-refractivity contribution in [3.63, 3.8) is 0 Å². The number of amides is 1. The molecule has 0 radical (unpaired) electrons. The van der Waals surface area contributed by atoms with Crippen LogP contribution >= 0.6 is 11.6 Å². The summed E-state index contributed by atoms with van der Waals surface area (Å²) in [6, 6.07) is 15.5. The Labute approximate surface area is 187 Å². The molecule has 1 aliphatic heterocycles. The predicted molar refractivity (Wildman–Crippen MR) is 118 cm³/mol. The Morgan fingerprint density at radius 2 is 1.65 bits per heavy atom. The van der Waals surface area contributed by atoms with Crippen LogP contribution in [0.2, 0.25) is 5.02 Å². The predicted octanol–water partition coefficient (Wildman–Crippen LogP) is 3.88. The lowest BCUT2D eigenvalue weighted by Gasteiger charge is -2.31. The van der Waals surface area contributed by atoms with Gasteiger partial charge in [-0.25, -0.2) is 8.42 Å². The Balaban J connectivity index is 1.38. The van der Waals surface area contributed by atoms with Crippen LogP contribution in [0.5, 0.6) is 0 Å². The highest BCUT2D eigenvalue weighted by atomic mass is 35.5. The molecule has 1 aliphatic carbocycles. The highest BCUT2D eigenvalue weighted by molar-refractivity contribution is 7.89. The third-order valence-corrected chi connectivity index (χ3v) is 8.23. The first-order valence-corrected chi connectivity index (χ1v) is 12.3. The number of halogens is 1. The third-order valence-electron chi connectivity index (χ3n) is 6.07. The molecule has 0 spiro atoms. The zero-order chi connectivity index (χ0) is 22.0. The van der Waals surface area contributed by atoms with E-state index in [1.54, 1.807) is 0 Å². The maximum absolute atomic E-state index is 12.9. The molecule has 4 rings (SSSR count). The minimum absolute atomic E-state index is 0.0118. The molecule has 1 N–H and O–H groups in total. The second kappa shape index (κ2) is 8.99. The van der Waals surface area contributed by atoms with Crippen LogP contribution in [0, 0.1) is 23.2 Å². The smallest absolute Gasteiger partial charge is 0.243 e. The lowest BCUT2D eigenvalue weighted by atomic mass is 9.95. The molecule has 2 aromatic rings. The van der Waals surface area contributed by atoms with E-state index in [1.165, 1.54) is 28.6 Å². The van der Waals surface area contributed by atoms with Gasteiger partial charge in [0.2, 0.25) is 15.9 Å². The Bertz CT molecular complexity index is 1080. The summed E-state index contributed by atoms with van der Waals surface area (Å²) >= 11 is 5.99. The van der Waals surface area contributed by atoms with Crippen LogP contribution in [-0.2, 0) is 14.8 Å². The molecule has 2 fully saturated rings. The molecule has 6 nitrogen and oxygen atoms in total. The first-order chi connectivity index (χ1) is 14.9. The van der Waals surface area contributed by atoms with Crippen LogP contribution in [0.25, 0.3) is 0 Å². The molecule has 2 aromatic carbocycles. The number of hydrogen-bond acceptors (Lipinski definition) is 4. The van der Waals surface area contributed by atoms with Crippen LogP contribution in [0.3, 0.4) is 0 Å². The van der Waals surface area contributed by atoms with Gasteiger partial charge in [0.25, 0.3) is 0 Å². The SMILES string of the molecule is N#Cc1ccc(S(=O)(=O)N2CCC(C(=O)N[C@H](c3ccc(Cl)cc3)C3CC3)CC2)cc1. The van der Waals surface area contributed by atoms with Crippen LogP contribution in [0.4, 0.5) is 0 Å². The zero-order valence-electron chi connectivity index (χ0n) is 17.0. The summed E-state index contributed by atoms with van der Waals surface area (Å²) in [6.45, 7) is 0.602. The van der Waals surface area contributed by atoms with E-state index >= 15 is 0 Å². The van der Waals surface area contributed by atoms with Gasteiger partial charge < -0.3 is 5.32 Å². The number of sulfonamides is 1. The molecular weight excluding hydrogens is 434 g/mol. The number of carbonyl (C=O) groups excluding carboxylic acids is 1. The van der Waals surface area contributed by atoms with Gasteiger partial charge in [-0.1, -0.05) is 23.7 Å². The maximum atomic E-state index is 12.9. The van der Waals surface area contributed by atoms with E-state index in [9.17, 15) is 13.2 Å². The van der Waals surface area contributed by atoms with Gasteiger partial charge in [0.05, 0.1) is 22.6 Å². The molecule has 1 amide bonds. The molecule has 0 unspecified atom stereocenters. The van der Waals surface area contributed by atoms with Gasteiger partial charge >= 0.3 is 0 Å². The Morgan fingerprint density at radius 1 is 1.03 bits per heavy atom. The van der Waals surface area contributed by atoms with E-state index < -0.39 is 10.0 Å². The van der Waals surface area contributed by atoms with Gasteiger partial charge in [0.1, 0.15) is 0 Å². The first-order valence-electron chi connectivity index (χ1n) is 10.4. The summed E-state index contributed by atoms with van der Waals surface area (Å²) in [7, 11) is -3.63. The number of benzene rings is 2. The number of rotatable bonds is 6. The molecular formula is C23H24ClN3O3S. The normalized spacial score (nSPS) is 18.8. The van der Waals surface area contributed by atoms with Crippen molar-refractivity contribution in [1.29, 1.82) is 5.26 Å². The summed E-state index contributed by atoms with van der Waals surface area (Å²) < 4.78 is 27.2. The topological polar surface area (TPSA) is 90.3 Å². The number of nitriles is 1. The fourth-order valence-electron chi connectivity index (χ4n) is 4.05. The molecule has 8 heteroatoms. The monoisotopic (exact) mass is 457 g/mol. The molecule has 1 heterocycles. The summed E-state index contributed by atoms with van der Waals surface area (Å²) in [6.07, 6.45) is 3.16. The zero-order valence-corrected chi connectivity index (χ0v) is 18.6. The Kier molecular flexibility index (Phi) is 6.33. The van der Waals surface area contributed by atoms with Crippen LogP contribution in [0.15, 0.2) is 53.4 Å². The van der Waals surface area contributed by atoms with Crippen LogP contribution in [0.1, 0.15) is 42.9 Å². The Hall–Kier alpha value is -2.40. The summed E-state index contributed by atoms with van der Waals surface area (Å²) in [5.74, 6) is 0.227. The lowest BCUT2D eigenvalue weighted by molar-refractivity contribution is -0.127. The molecule has 0 bridgehead atoms. The highest BCUT2D eigenvalue weighted by Gasteiger charge is 2.37. The number of nitrogens with zero attached hydrogens (tertiary/aromatic N) is 2. The second-order valence-electron chi connectivity index (χ2n) is 8.19. The molecule has 2 aliphatic rings. The maximum Gasteiger partial charge on any atom is 0.243 e. The highest BCUT2D eigenvalue weighted by Crippen LogP contribution is 2.41. The minimum Gasteiger partial charge on any atom is -0.349 e. The van der Waals surface area contributed by atoms with Crippen LogP contribution in [-0.4, -0.2) is 31.7 Å². The average Bonchev–Trinajstić information content (AvgIpc) is 3.63. The van der Waals surface area contributed by atoms with Gasteiger partial charge in [-0.2, -0.15) is 9.57 Å². The summed E-state index contributed by atoms with van der Waals surface area (Å²) in [4.78, 5) is 13.1. The van der Waals surface area contributed by atoms with Crippen molar-refractivity contribution in [1.82, 2.24) is 9.62 Å². The molecule has 1 saturated heterocycles. The van der Waals surface area contributed by atoms with E-state index in [2.05, 4.69) is 5.32 Å². The largest absolute Gasteiger partial charge is 0.349 e. The molecule has 162 valence electrons. The molecule has 1 saturated carbocycles. The van der Waals surface area contributed by atoms with Crippen LogP contribution < -0.4 is 5.32 Å². The lowest BCUT2D eigenvalue weighted by Crippen LogP contribution is -2.43. The van der Waals surface area contributed by atoms with E-state index in [0.717, 1.165) is 18.4 Å². The second-order valence-corrected chi connectivity index (χ2v) is 10.6. The Morgan fingerprint density at radius 3 is 2.19 bits per heavy atom. The molecule has 0 aromatic heterocycles. The van der Waals surface area contributed by atoms with E-state index in [4.69, 9.17) is 16.9 Å². The van der Waals surface area contributed by atoms with Gasteiger partial charge in [0.15, 0.2) is 0 Å². The fourth-order valence-corrected chi connectivity index (χ4v) is 5.65. The van der Waals surface area contributed by atoms with E-state index in [0.29, 0.717) is 42.4 Å². The minimum atomic E-state index is -3.63. The van der Waals surface area contributed by atoms with Gasteiger partial charge in [-0.3, -0.25) is 4.79 Å². The average molecular weight is 458 g/mol. The van der Waals surface area contributed by atoms with Gasteiger partial charge in [0, 0.05) is 24.0 Å². The van der Waals surface area contributed by atoms with Crippen molar-refractivity contribution in [3.05, 3.63) is 64.7 Å². The van der Waals surface area contributed by atoms with Crippen molar-refractivity contribution < 1.29 is 13.2 Å². The van der Waals surface area contributed by atoms with E-state index in [1.807, 2.05) is 30.3 Å². The van der Waals surface area contributed by atoms with Crippen molar-refractivity contribution in [2.24, 2.45) is 11.8 Å². The van der Waals surface area contributed by atoms with Crippen molar-refractivity contribution in [2.45, 2.75) is 36.6 Å². The summed E-state index contributed by atoms with van der Waals surface area (Å²) in [5, 5.41) is 12.8. The molecule has 1 atom stereocenters. The number of nitrogens with one attached hydrogen (secondary N) is 1. The quantitative estimate of drug-likeness (QED) is 0.712. The standard InChI is InChI=1S/C23H24ClN3O3S/c24-20-7-5-18(6-8-20)22(17-3-4-17)26-23(28)19-11-13-27(14-12-19)31(29,30)21-9-1-16(15-25)2-10-21/h1-2,5-10,17,19,22H,3-4,11-14H2,(H,26,28)/t22-/m0/s1. The van der Waals surface area contributed by atoms with E-state index in [-0.39, 0.29) is 22.8 Å². The number of piperidine rings is 1. The fraction of sp³-hybridized carbons (Fsp3) is 0.391. The number of hydrogen-bond donors (Lipinski definition) is 1. The molecule has 31 heavy (non-hydrogen) atoms. The van der Waals surface area contributed by atoms with Crippen molar-refractivity contribution >= 4 is 27.5 Å². The van der Waals surface area contributed by atoms with Crippen molar-refractivity contribution in [3.8, 4) is 6.07 Å². The van der Waals surface area contributed by atoms with Gasteiger partial charge in [-0.05, 0) is 73.6 Å². The third kappa shape index (κ3) is 4.93. The number of carbonyl (C=O) groups is 1. The first kappa shape index (κ1) is 21.8. The van der Waals surface area contributed by atoms with Crippen molar-refractivity contribution in [2.75, 3.05) is 13.1 Å². The van der Waals surface area contributed by atoms with Gasteiger partial charge in [-0.15, -0.1) is 0 Å². The summed E-state index contributed by atoms with van der Waals surface area (Å²) in [5.41, 5.74) is 1.47.